The molecule has 1 atom stereocenters. The van der Waals surface area contributed by atoms with E-state index in [1.807, 2.05) is 0 Å². The molecule has 1 unspecified atom stereocenters. The third-order valence-corrected chi connectivity index (χ3v) is 2.33. The molecular formula is C11H12ClF2NO. The van der Waals surface area contributed by atoms with Gasteiger partial charge in [0, 0.05) is 17.7 Å². The van der Waals surface area contributed by atoms with Crippen LogP contribution in [0.25, 0.3) is 0 Å². The van der Waals surface area contributed by atoms with E-state index in [1.165, 1.54) is 6.07 Å². The molecule has 0 saturated heterocycles. The average Bonchev–Trinajstić information content (AvgIpc) is 2.15. The summed E-state index contributed by atoms with van der Waals surface area (Å²) in [5.41, 5.74) is -0.0267. The fourth-order valence-electron chi connectivity index (χ4n) is 1.21. The van der Waals surface area contributed by atoms with E-state index in [1.54, 1.807) is 13.8 Å². The third kappa shape index (κ3) is 3.17. The Balaban J connectivity index is 2.87. The van der Waals surface area contributed by atoms with Crippen molar-refractivity contribution in [1.29, 1.82) is 0 Å². The van der Waals surface area contributed by atoms with Gasteiger partial charge in [0.25, 0.3) is 0 Å². The Morgan fingerprint density at radius 3 is 2.50 bits per heavy atom. The second-order valence-electron chi connectivity index (χ2n) is 3.69. The van der Waals surface area contributed by atoms with Crippen LogP contribution in [0.5, 0.6) is 0 Å². The number of rotatable bonds is 3. The highest BCUT2D eigenvalue weighted by atomic mass is 35.5. The van der Waals surface area contributed by atoms with Crippen LogP contribution in [0.15, 0.2) is 18.2 Å². The smallest absolute Gasteiger partial charge is 0.242 e. The first kappa shape index (κ1) is 12.9. The number of nitrogens with one attached hydrogen (secondary N) is 1. The van der Waals surface area contributed by atoms with Crippen LogP contribution in [0.3, 0.4) is 0 Å². The van der Waals surface area contributed by atoms with Gasteiger partial charge < -0.3 is 5.32 Å². The molecule has 1 aromatic rings. The standard InChI is InChI=1S/C11H12ClF2NO/c1-6(2)15-11(16)10(12)8-4-3-7(13)5-9(8)14/h3-6,10H,1-2H3,(H,15,16). The van der Waals surface area contributed by atoms with Gasteiger partial charge in [-0.25, -0.2) is 8.78 Å². The summed E-state index contributed by atoms with van der Waals surface area (Å²) in [5, 5.41) is 1.40. The van der Waals surface area contributed by atoms with Crippen molar-refractivity contribution in [3.63, 3.8) is 0 Å². The predicted octanol–water partition coefficient (Wildman–Crippen LogP) is 2.77. The Hall–Kier alpha value is -1.16. The van der Waals surface area contributed by atoms with E-state index >= 15 is 0 Å². The van der Waals surface area contributed by atoms with Gasteiger partial charge in [-0.15, -0.1) is 11.6 Å². The van der Waals surface area contributed by atoms with E-state index in [0.717, 1.165) is 6.07 Å². The van der Waals surface area contributed by atoms with E-state index in [4.69, 9.17) is 11.6 Å². The van der Waals surface area contributed by atoms with Crippen LogP contribution in [0.4, 0.5) is 8.78 Å². The Morgan fingerprint density at radius 1 is 1.38 bits per heavy atom. The molecule has 16 heavy (non-hydrogen) atoms. The molecule has 1 N–H and O–H groups in total. The number of amides is 1. The zero-order valence-electron chi connectivity index (χ0n) is 8.93. The summed E-state index contributed by atoms with van der Waals surface area (Å²) in [4.78, 5) is 11.5. The zero-order chi connectivity index (χ0) is 12.3. The van der Waals surface area contributed by atoms with Gasteiger partial charge in [-0.3, -0.25) is 4.79 Å². The fraction of sp³-hybridized carbons (Fsp3) is 0.364. The molecule has 88 valence electrons. The topological polar surface area (TPSA) is 29.1 Å². The third-order valence-electron chi connectivity index (χ3n) is 1.90. The molecule has 0 aromatic heterocycles. The number of carbonyl (C=O) groups is 1. The van der Waals surface area contributed by atoms with E-state index in [-0.39, 0.29) is 11.6 Å². The summed E-state index contributed by atoms with van der Waals surface area (Å²) in [5.74, 6) is -2.02. The molecular weight excluding hydrogens is 236 g/mol. The van der Waals surface area contributed by atoms with Gasteiger partial charge in [-0.1, -0.05) is 6.07 Å². The Labute approximate surface area is 97.6 Å². The molecule has 5 heteroatoms. The van der Waals surface area contributed by atoms with Gasteiger partial charge in [0.05, 0.1) is 0 Å². The summed E-state index contributed by atoms with van der Waals surface area (Å²) in [6, 6.07) is 2.85. The predicted molar refractivity (Wildman–Crippen MR) is 58.2 cm³/mol. The number of carbonyl (C=O) groups excluding carboxylic acids is 1. The van der Waals surface area contributed by atoms with Gasteiger partial charge in [-0.05, 0) is 19.9 Å². The molecule has 0 aliphatic heterocycles. The molecule has 0 spiro atoms. The van der Waals surface area contributed by atoms with Crippen LogP contribution in [0, 0.1) is 11.6 Å². The first-order chi connectivity index (χ1) is 7.41. The highest BCUT2D eigenvalue weighted by molar-refractivity contribution is 6.30. The minimum atomic E-state index is -1.15. The van der Waals surface area contributed by atoms with Crippen molar-refractivity contribution < 1.29 is 13.6 Å². The molecule has 1 aromatic carbocycles. The van der Waals surface area contributed by atoms with Crippen LogP contribution in [-0.4, -0.2) is 11.9 Å². The summed E-state index contributed by atoms with van der Waals surface area (Å²) in [7, 11) is 0. The summed E-state index contributed by atoms with van der Waals surface area (Å²) in [6.45, 7) is 3.53. The van der Waals surface area contributed by atoms with E-state index < -0.39 is 22.9 Å². The maximum Gasteiger partial charge on any atom is 0.242 e. The molecule has 0 aliphatic rings. The van der Waals surface area contributed by atoms with Crippen molar-refractivity contribution in [2.75, 3.05) is 0 Å². The van der Waals surface area contributed by atoms with Crippen LogP contribution < -0.4 is 5.32 Å². The molecule has 1 rings (SSSR count). The largest absolute Gasteiger partial charge is 0.352 e. The Kier molecular flexibility index (Phi) is 4.24. The van der Waals surface area contributed by atoms with Crippen molar-refractivity contribution in [3.05, 3.63) is 35.4 Å². The lowest BCUT2D eigenvalue weighted by molar-refractivity contribution is -0.121. The van der Waals surface area contributed by atoms with Crippen molar-refractivity contribution in [2.45, 2.75) is 25.3 Å². The number of benzene rings is 1. The van der Waals surface area contributed by atoms with E-state index in [9.17, 15) is 13.6 Å². The normalized spacial score (nSPS) is 12.6. The minimum absolute atomic E-state index is 0.0267. The maximum atomic E-state index is 13.3. The lowest BCUT2D eigenvalue weighted by Crippen LogP contribution is -2.33. The quantitative estimate of drug-likeness (QED) is 0.818. The molecule has 0 heterocycles. The molecule has 2 nitrogen and oxygen atoms in total. The van der Waals surface area contributed by atoms with Gasteiger partial charge in [0.15, 0.2) is 0 Å². The molecule has 0 saturated carbocycles. The minimum Gasteiger partial charge on any atom is -0.352 e. The second-order valence-corrected chi connectivity index (χ2v) is 4.13. The van der Waals surface area contributed by atoms with Gasteiger partial charge >= 0.3 is 0 Å². The number of hydrogen-bond donors (Lipinski definition) is 1. The lowest BCUT2D eigenvalue weighted by atomic mass is 10.1. The zero-order valence-corrected chi connectivity index (χ0v) is 9.68. The highest BCUT2D eigenvalue weighted by Crippen LogP contribution is 2.24. The van der Waals surface area contributed by atoms with Crippen LogP contribution in [0.1, 0.15) is 24.8 Å². The fourth-order valence-corrected chi connectivity index (χ4v) is 1.45. The monoisotopic (exact) mass is 247 g/mol. The van der Waals surface area contributed by atoms with Crippen LogP contribution in [-0.2, 0) is 4.79 Å². The van der Waals surface area contributed by atoms with Crippen molar-refractivity contribution in [1.82, 2.24) is 5.32 Å². The SMILES string of the molecule is CC(C)NC(=O)C(Cl)c1ccc(F)cc1F. The van der Waals surface area contributed by atoms with Crippen LogP contribution in [0.2, 0.25) is 0 Å². The number of halogens is 3. The Morgan fingerprint density at radius 2 is 2.00 bits per heavy atom. The van der Waals surface area contributed by atoms with E-state index in [0.29, 0.717) is 6.07 Å². The second kappa shape index (κ2) is 5.25. The highest BCUT2D eigenvalue weighted by Gasteiger charge is 2.21. The summed E-state index contributed by atoms with van der Waals surface area (Å²) >= 11 is 5.78. The van der Waals surface area contributed by atoms with Crippen molar-refractivity contribution in [3.8, 4) is 0 Å². The molecule has 0 aliphatic carbocycles. The molecule has 0 fully saturated rings. The lowest BCUT2D eigenvalue weighted by Gasteiger charge is -2.13. The van der Waals surface area contributed by atoms with Crippen LogP contribution >= 0.6 is 11.6 Å². The molecule has 0 radical (unpaired) electrons. The average molecular weight is 248 g/mol. The number of alkyl halides is 1. The van der Waals surface area contributed by atoms with Crippen molar-refractivity contribution >= 4 is 17.5 Å². The first-order valence-corrected chi connectivity index (χ1v) is 5.25. The first-order valence-electron chi connectivity index (χ1n) is 4.81. The molecule has 1 amide bonds. The number of hydrogen-bond acceptors (Lipinski definition) is 1. The summed E-state index contributed by atoms with van der Waals surface area (Å²) < 4.78 is 25.9. The summed E-state index contributed by atoms with van der Waals surface area (Å²) in [6.07, 6.45) is 0. The van der Waals surface area contributed by atoms with Crippen molar-refractivity contribution in [2.24, 2.45) is 0 Å². The van der Waals surface area contributed by atoms with Gasteiger partial charge in [-0.2, -0.15) is 0 Å². The van der Waals surface area contributed by atoms with Gasteiger partial charge in [0.2, 0.25) is 5.91 Å². The van der Waals surface area contributed by atoms with Gasteiger partial charge in [0.1, 0.15) is 17.0 Å². The maximum absolute atomic E-state index is 13.3. The van der Waals surface area contributed by atoms with E-state index in [2.05, 4.69) is 5.32 Å². The Bertz CT molecular complexity index is 396. The molecule has 0 bridgehead atoms.